The van der Waals surface area contributed by atoms with Gasteiger partial charge in [-0.15, -0.1) is 11.3 Å². The molecular formula is C9H8IN3S. The number of hydrogen-bond acceptors (Lipinski definition) is 3. The molecule has 0 aliphatic heterocycles. The van der Waals surface area contributed by atoms with Crippen molar-refractivity contribution in [3.05, 3.63) is 20.8 Å². The molecule has 1 fully saturated rings. The summed E-state index contributed by atoms with van der Waals surface area (Å²) in [5, 5.41) is 9.35. The van der Waals surface area contributed by atoms with Crippen LogP contribution in [0.3, 0.4) is 0 Å². The van der Waals surface area contributed by atoms with Gasteiger partial charge in [-0.2, -0.15) is 5.10 Å². The number of halogens is 1. The Kier molecular flexibility index (Phi) is 2.09. The van der Waals surface area contributed by atoms with Gasteiger partial charge in [0.1, 0.15) is 5.82 Å². The fourth-order valence-corrected chi connectivity index (χ4v) is 3.13. The Labute approximate surface area is 99.1 Å². The highest BCUT2D eigenvalue weighted by atomic mass is 127. The average molecular weight is 317 g/mol. The van der Waals surface area contributed by atoms with E-state index in [0.29, 0.717) is 5.92 Å². The fraction of sp³-hybridized carbons (Fsp3) is 0.333. The summed E-state index contributed by atoms with van der Waals surface area (Å²) in [7, 11) is 0. The quantitative estimate of drug-likeness (QED) is 0.865. The summed E-state index contributed by atoms with van der Waals surface area (Å²) in [4.78, 5) is 5.69. The van der Waals surface area contributed by atoms with Crippen LogP contribution in [0.1, 0.15) is 24.6 Å². The summed E-state index contributed by atoms with van der Waals surface area (Å²) in [5.41, 5.74) is 0. The smallest absolute Gasteiger partial charge is 0.192 e. The third kappa shape index (κ3) is 1.48. The minimum absolute atomic E-state index is 0.647. The zero-order valence-electron chi connectivity index (χ0n) is 7.33. The molecule has 0 spiro atoms. The highest BCUT2D eigenvalue weighted by Crippen LogP contribution is 2.39. The molecule has 0 bridgehead atoms. The maximum Gasteiger partial charge on any atom is 0.192 e. The zero-order chi connectivity index (χ0) is 9.54. The predicted molar refractivity (Wildman–Crippen MR) is 64.4 cm³/mol. The van der Waals surface area contributed by atoms with E-state index in [0.717, 1.165) is 11.6 Å². The minimum atomic E-state index is 0.647. The van der Waals surface area contributed by atoms with Gasteiger partial charge in [-0.25, -0.2) is 4.98 Å². The second-order valence-corrected chi connectivity index (χ2v) is 5.49. The summed E-state index contributed by atoms with van der Waals surface area (Å²) in [6.07, 6.45) is 2.52. The minimum Gasteiger partial charge on any atom is -0.262 e. The van der Waals surface area contributed by atoms with Crippen LogP contribution >= 0.6 is 33.9 Å². The van der Waals surface area contributed by atoms with Crippen LogP contribution < -0.4 is 0 Å². The number of rotatable bonds is 2. The lowest BCUT2D eigenvalue weighted by Gasteiger charge is -1.88. The maximum absolute atomic E-state index is 4.51. The van der Waals surface area contributed by atoms with E-state index >= 15 is 0 Å². The van der Waals surface area contributed by atoms with Crippen molar-refractivity contribution >= 4 is 33.9 Å². The first kappa shape index (κ1) is 8.84. The van der Waals surface area contributed by atoms with E-state index in [1.165, 1.54) is 21.3 Å². The first-order valence-corrected chi connectivity index (χ1v) is 6.46. The van der Waals surface area contributed by atoms with Crippen molar-refractivity contribution in [2.45, 2.75) is 18.8 Å². The molecule has 3 rings (SSSR count). The number of nitrogens with zero attached hydrogens (tertiary/aromatic N) is 2. The Morgan fingerprint density at radius 3 is 3.00 bits per heavy atom. The molecule has 1 aliphatic rings. The van der Waals surface area contributed by atoms with Crippen molar-refractivity contribution in [2.75, 3.05) is 0 Å². The average Bonchev–Trinajstić information content (AvgIpc) is 2.75. The van der Waals surface area contributed by atoms with Crippen molar-refractivity contribution < 1.29 is 0 Å². The largest absolute Gasteiger partial charge is 0.262 e. The molecule has 5 heteroatoms. The molecule has 3 nitrogen and oxygen atoms in total. The predicted octanol–water partition coefficient (Wildman–Crippen LogP) is 3.02. The van der Waals surface area contributed by atoms with Crippen molar-refractivity contribution in [3.8, 4) is 10.7 Å². The van der Waals surface area contributed by atoms with Crippen LogP contribution in [-0.4, -0.2) is 15.2 Å². The first-order valence-electron chi connectivity index (χ1n) is 4.50. The van der Waals surface area contributed by atoms with Crippen LogP contribution in [-0.2, 0) is 0 Å². The van der Waals surface area contributed by atoms with Gasteiger partial charge < -0.3 is 0 Å². The van der Waals surface area contributed by atoms with Gasteiger partial charge in [0.15, 0.2) is 5.82 Å². The lowest BCUT2D eigenvalue weighted by atomic mass is 10.4. The molecule has 0 unspecified atom stereocenters. The highest BCUT2D eigenvalue weighted by Gasteiger charge is 2.27. The molecule has 2 aromatic heterocycles. The number of aromatic amines is 1. The van der Waals surface area contributed by atoms with E-state index in [-0.39, 0.29) is 0 Å². The number of aromatic nitrogens is 3. The first-order chi connectivity index (χ1) is 6.84. The van der Waals surface area contributed by atoms with Crippen molar-refractivity contribution in [2.24, 2.45) is 0 Å². The molecule has 1 aliphatic carbocycles. The summed E-state index contributed by atoms with van der Waals surface area (Å²) in [5.74, 6) is 2.56. The van der Waals surface area contributed by atoms with Crippen LogP contribution in [0.5, 0.6) is 0 Å². The van der Waals surface area contributed by atoms with E-state index < -0.39 is 0 Å². The van der Waals surface area contributed by atoms with E-state index in [4.69, 9.17) is 0 Å². The van der Waals surface area contributed by atoms with Crippen molar-refractivity contribution in [1.82, 2.24) is 15.2 Å². The number of H-pyrrole nitrogens is 1. The molecule has 1 saturated carbocycles. The van der Waals surface area contributed by atoms with E-state index in [9.17, 15) is 0 Å². The molecule has 2 heterocycles. The number of hydrogen-bond donors (Lipinski definition) is 1. The van der Waals surface area contributed by atoms with Gasteiger partial charge in [-0.05, 0) is 46.9 Å². The Hall–Kier alpha value is -0.430. The van der Waals surface area contributed by atoms with Gasteiger partial charge in [0.05, 0.1) is 4.88 Å². The van der Waals surface area contributed by atoms with Crippen LogP contribution in [0.25, 0.3) is 10.7 Å². The third-order valence-corrected chi connectivity index (χ3v) is 4.46. The Bertz CT molecular complexity index is 458. The molecule has 0 radical (unpaired) electrons. The Balaban J connectivity index is 1.99. The summed E-state index contributed by atoms with van der Waals surface area (Å²) < 4.78 is 1.23. The molecule has 0 saturated heterocycles. The third-order valence-electron chi connectivity index (χ3n) is 2.29. The van der Waals surface area contributed by atoms with Gasteiger partial charge >= 0.3 is 0 Å². The molecule has 0 atom stereocenters. The standard InChI is InChI=1S/C9H8IN3S/c10-6-3-4-14-7(6)9-11-8(12-13-9)5-1-2-5/h3-5H,1-2H2,(H,11,12,13). The lowest BCUT2D eigenvalue weighted by molar-refractivity contribution is 0.935. The highest BCUT2D eigenvalue weighted by molar-refractivity contribution is 14.1. The molecular weight excluding hydrogens is 309 g/mol. The van der Waals surface area contributed by atoms with Gasteiger partial charge in [0.25, 0.3) is 0 Å². The van der Waals surface area contributed by atoms with E-state index in [2.05, 4.69) is 49.2 Å². The molecule has 1 N–H and O–H groups in total. The molecule has 72 valence electrons. The Morgan fingerprint density at radius 2 is 2.36 bits per heavy atom. The van der Waals surface area contributed by atoms with E-state index in [1.54, 1.807) is 11.3 Å². The Morgan fingerprint density at radius 1 is 1.50 bits per heavy atom. The van der Waals surface area contributed by atoms with E-state index in [1.807, 2.05) is 0 Å². The van der Waals surface area contributed by atoms with Gasteiger partial charge in [-0.3, -0.25) is 5.10 Å². The van der Waals surface area contributed by atoms with Crippen molar-refractivity contribution in [1.29, 1.82) is 0 Å². The zero-order valence-corrected chi connectivity index (χ0v) is 10.3. The number of nitrogens with one attached hydrogen (secondary N) is 1. The SMILES string of the molecule is Ic1ccsc1-c1n[nH]c(C2CC2)n1. The lowest BCUT2D eigenvalue weighted by Crippen LogP contribution is -1.81. The maximum atomic E-state index is 4.51. The summed E-state index contributed by atoms with van der Waals surface area (Å²) >= 11 is 4.01. The molecule has 2 aromatic rings. The fourth-order valence-electron chi connectivity index (χ4n) is 1.37. The number of thiophene rings is 1. The second kappa shape index (κ2) is 3.30. The molecule has 0 amide bonds. The van der Waals surface area contributed by atoms with Crippen LogP contribution in [0, 0.1) is 3.57 Å². The molecule has 0 aromatic carbocycles. The topological polar surface area (TPSA) is 41.6 Å². The normalized spacial score (nSPS) is 16.1. The van der Waals surface area contributed by atoms with Gasteiger partial charge in [0.2, 0.25) is 0 Å². The van der Waals surface area contributed by atoms with Crippen LogP contribution in [0.4, 0.5) is 0 Å². The van der Waals surface area contributed by atoms with Crippen molar-refractivity contribution in [3.63, 3.8) is 0 Å². The molecule has 14 heavy (non-hydrogen) atoms. The van der Waals surface area contributed by atoms with Gasteiger partial charge in [0, 0.05) is 9.49 Å². The summed E-state index contributed by atoms with van der Waals surface area (Å²) in [6.45, 7) is 0. The van der Waals surface area contributed by atoms with Crippen LogP contribution in [0.2, 0.25) is 0 Å². The van der Waals surface area contributed by atoms with Crippen LogP contribution in [0.15, 0.2) is 11.4 Å². The van der Waals surface area contributed by atoms with Gasteiger partial charge in [-0.1, -0.05) is 0 Å². The summed E-state index contributed by atoms with van der Waals surface area (Å²) in [6, 6.07) is 2.09. The monoisotopic (exact) mass is 317 g/mol. The second-order valence-electron chi connectivity index (χ2n) is 3.42.